The van der Waals surface area contributed by atoms with Crippen molar-refractivity contribution in [1.29, 1.82) is 0 Å². The Bertz CT molecular complexity index is 1490. The third-order valence-corrected chi connectivity index (χ3v) is 8.76. The lowest BCUT2D eigenvalue weighted by Gasteiger charge is -2.20. The number of rotatable bonds is 9. The summed E-state index contributed by atoms with van der Waals surface area (Å²) in [5.41, 5.74) is 4.36. The quantitative estimate of drug-likeness (QED) is 0.363. The Balaban J connectivity index is 1.62. The van der Waals surface area contributed by atoms with Crippen LogP contribution in [0, 0.1) is 12.8 Å². The molecule has 5 rings (SSSR count). The van der Waals surface area contributed by atoms with Gasteiger partial charge in [-0.1, -0.05) is 12.1 Å². The number of aromatic amines is 1. The van der Waals surface area contributed by atoms with E-state index in [1.54, 1.807) is 12.1 Å². The fraction of sp³-hybridized carbons (Fsp3) is 0.370. The maximum atomic E-state index is 12.9. The van der Waals surface area contributed by atoms with E-state index in [1.165, 1.54) is 0 Å². The molecule has 4 aromatic rings. The molecule has 35 heavy (non-hydrogen) atoms. The van der Waals surface area contributed by atoms with Gasteiger partial charge in [-0.05, 0) is 80.9 Å². The van der Waals surface area contributed by atoms with Crippen molar-refractivity contribution in [2.75, 3.05) is 33.9 Å². The van der Waals surface area contributed by atoms with Gasteiger partial charge in [-0.25, -0.2) is 13.4 Å². The SMILES string of the molecule is Cc1cnc2[nH]c3c(OCC(CO)CN(C)C)ccc(-c4cccc(S(=O)(=O)C5CC5)c4)c3c2c1. The summed E-state index contributed by atoms with van der Waals surface area (Å²) >= 11 is 0. The largest absolute Gasteiger partial charge is 0.491 e. The molecule has 2 heterocycles. The molecule has 8 heteroatoms. The summed E-state index contributed by atoms with van der Waals surface area (Å²) < 4.78 is 32.0. The highest BCUT2D eigenvalue weighted by atomic mass is 32.2. The maximum absolute atomic E-state index is 12.9. The van der Waals surface area contributed by atoms with E-state index in [-0.39, 0.29) is 17.8 Å². The second kappa shape index (κ2) is 9.26. The van der Waals surface area contributed by atoms with Gasteiger partial charge in [0.25, 0.3) is 0 Å². The average molecular weight is 494 g/mol. The summed E-state index contributed by atoms with van der Waals surface area (Å²) in [6, 6.07) is 13.2. The molecule has 0 spiro atoms. The predicted molar refractivity (Wildman–Crippen MR) is 139 cm³/mol. The molecule has 7 nitrogen and oxygen atoms in total. The number of H-pyrrole nitrogens is 1. The van der Waals surface area contributed by atoms with Gasteiger partial charge < -0.3 is 19.7 Å². The van der Waals surface area contributed by atoms with Gasteiger partial charge in [0.15, 0.2) is 9.84 Å². The number of nitrogens with zero attached hydrogens (tertiary/aromatic N) is 2. The lowest BCUT2D eigenvalue weighted by atomic mass is 9.99. The Hall–Kier alpha value is -2.94. The Morgan fingerprint density at radius 1 is 1.20 bits per heavy atom. The fourth-order valence-electron chi connectivity index (χ4n) is 4.62. The predicted octanol–water partition coefficient (Wildman–Crippen LogP) is 4.18. The summed E-state index contributed by atoms with van der Waals surface area (Å²) in [6.07, 6.45) is 3.29. The number of ether oxygens (including phenoxy) is 1. The summed E-state index contributed by atoms with van der Waals surface area (Å²) in [5.74, 6) is 0.659. The first-order valence-corrected chi connectivity index (χ1v) is 13.5. The number of nitrogens with one attached hydrogen (secondary N) is 1. The van der Waals surface area contributed by atoms with Crippen LogP contribution >= 0.6 is 0 Å². The van der Waals surface area contributed by atoms with Crippen molar-refractivity contribution >= 4 is 31.8 Å². The molecule has 1 fully saturated rings. The van der Waals surface area contributed by atoms with Crippen molar-refractivity contribution in [3.8, 4) is 16.9 Å². The topological polar surface area (TPSA) is 95.5 Å². The van der Waals surface area contributed by atoms with Crippen molar-refractivity contribution in [1.82, 2.24) is 14.9 Å². The number of aryl methyl sites for hydroxylation is 1. The number of benzene rings is 2. The van der Waals surface area contributed by atoms with Gasteiger partial charge in [-0.3, -0.25) is 0 Å². The van der Waals surface area contributed by atoms with Crippen LogP contribution in [0.5, 0.6) is 5.75 Å². The first-order valence-electron chi connectivity index (χ1n) is 11.9. The van der Waals surface area contributed by atoms with E-state index in [9.17, 15) is 13.5 Å². The van der Waals surface area contributed by atoms with Gasteiger partial charge >= 0.3 is 0 Å². The minimum atomic E-state index is -3.30. The molecule has 1 aliphatic rings. The molecule has 0 bridgehead atoms. The third kappa shape index (κ3) is 4.66. The molecule has 0 saturated heterocycles. The lowest BCUT2D eigenvalue weighted by molar-refractivity contribution is 0.138. The molecule has 0 radical (unpaired) electrons. The van der Waals surface area contributed by atoms with E-state index in [0.29, 0.717) is 23.8 Å². The second-order valence-electron chi connectivity index (χ2n) is 9.79. The average Bonchev–Trinajstić information content (AvgIpc) is 3.64. The van der Waals surface area contributed by atoms with Crippen LogP contribution in [0.3, 0.4) is 0 Å². The Labute approximate surface area is 205 Å². The molecule has 1 unspecified atom stereocenters. The van der Waals surface area contributed by atoms with Crippen LogP contribution in [-0.4, -0.2) is 67.5 Å². The highest BCUT2D eigenvalue weighted by Crippen LogP contribution is 2.40. The van der Waals surface area contributed by atoms with Crippen molar-refractivity contribution < 1.29 is 18.3 Å². The van der Waals surface area contributed by atoms with E-state index in [0.717, 1.165) is 51.5 Å². The van der Waals surface area contributed by atoms with Gasteiger partial charge in [0.05, 0.1) is 28.9 Å². The number of aromatic nitrogens is 2. The lowest BCUT2D eigenvalue weighted by Crippen LogP contribution is -2.28. The number of aliphatic hydroxyl groups excluding tert-OH is 1. The normalized spacial score (nSPS) is 15.2. The van der Waals surface area contributed by atoms with Crippen molar-refractivity contribution in [3.63, 3.8) is 0 Å². The van der Waals surface area contributed by atoms with Gasteiger partial charge in [-0.15, -0.1) is 0 Å². The molecular formula is C27H31N3O4S. The Morgan fingerprint density at radius 2 is 2.00 bits per heavy atom. The number of hydrogen-bond donors (Lipinski definition) is 2. The summed E-state index contributed by atoms with van der Waals surface area (Å²) in [5, 5.41) is 11.4. The summed E-state index contributed by atoms with van der Waals surface area (Å²) in [6.45, 7) is 3.13. The number of fused-ring (bicyclic) bond motifs is 3. The van der Waals surface area contributed by atoms with Gasteiger partial charge in [0.1, 0.15) is 11.4 Å². The highest BCUT2D eigenvalue weighted by Gasteiger charge is 2.37. The zero-order valence-corrected chi connectivity index (χ0v) is 21.1. The molecule has 1 atom stereocenters. The van der Waals surface area contributed by atoms with Crippen LogP contribution in [0.2, 0.25) is 0 Å². The third-order valence-electron chi connectivity index (χ3n) is 6.50. The molecule has 0 aliphatic heterocycles. The molecule has 1 saturated carbocycles. The molecule has 184 valence electrons. The number of pyridine rings is 1. The zero-order valence-electron chi connectivity index (χ0n) is 20.3. The van der Waals surface area contributed by atoms with Crippen molar-refractivity contribution in [2.24, 2.45) is 5.92 Å². The fourth-order valence-corrected chi connectivity index (χ4v) is 6.33. The van der Waals surface area contributed by atoms with Crippen molar-refractivity contribution in [2.45, 2.75) is 29.9 Å². The number of hydrogen-bond acceptors (Lipinski definition) is 6. The minimum Gasteiger partial charge on any atom is -0.491 e. The molecule has 2 N–H and O–H groups in total. The Morgan fingerprint density at radius 3 is 2.71 bits per heavy atom. The molecule has 2 aromatic heterocycles. The van der Waals surface area contributed by atoms with E-state index < -0.39 is 9.84 Å². The highest BCUT2D eigenvalue weighted by molar-refractivity contribution is 7.92. The molecule has 1 aliphatic carbocycles. The standard InChI is InChI=1S/C27H31N3O4S/c1-17-11-23-25-22(19-5-4-6-21(12-19)35(32,33)20-7-8-20)9-10-24(26(25)29-27(23)28-13-17)34-16-18(15-31)14-30(2)3/h4-6,9-13,18,20,31H,7-8,14-16H2,1-3H3,(H,28,29). The van der Waals surface area contributed by atoms with E-state index >= 15 is 0 Å². The van der Waals surface area contributed by atoms with Crippen LogP contribution in [0.25, 0.3) is 33.1 Å². The Kier molecular flexibility index (Phi) is 6.29. The first kappa shape index (κ1) is 23.8. The maximum Gasteiger partial charge on any atom is 0.181 e. The monoisotopic (exact) mass is 493 g/mol. The van der Waals surface area contributed by atoms with Crippen molar-refractivity contribution in [3.05, 3.63) is 54.2 Å². The van der Waals surface area contributed by atoms with Gasteiger partial charge in [0.2, 0.25) is 0 Å². The van der Waals surface area contributed by atoms with E-state index in [4.69, 9.17) is 4.74 Å². The molecule has 2 aromatic carbocycles. The number of aliphatic hydroxyl groups is 1. The van der Waals surface area contributed by atoms with Crippen LogP contribution < -0.4 is 4.74 Å². The van der Waals surface area contributed by atoms with Gasteiger partial charge in [0, 0.05) is 29.4 Å². The summed E-state index contributed by atoms with van der Waals surface area (Å²) in [4.78, 5) is 10.4. The smallest absolute Gasteiger partial charge is 0.181 e. The van der Waals surface area contributed by atoms with Crippen LogP contribution in [0.1, 0.15) is 18.4 Å². The zero-order chi connectivity index (χ0) is 24.7. The number of sulfone groups is 1. The van der Waals surface area contributed by atoms with Gasteiger partial charge in [-0.2, -0.15) is 0 Å². The summed E-state index contributed by atoms with van der Waals surface area (Å²) in [7, 11) is 0.645. The van der Waals surface area contributed by atoms with Crippen LogP contribution in [0.4, 0.5) is 0 Å². The first-order chi connectivity index (χ1) is 16.8. The van der Waals surface area contributed by atoms with Crippen LogP contribution in [0.15, 0.2) is 53.6 Å². The van der Waals surface area contributed by atoms with Crippen LogP contribution in [-0.2, 0) is 9.84 Å². The molecule has 0 amide bonds. The molecular weight excluding hydrogens is 462 g/mol. The second-order valence-corrected chi connectivity index (χ2v) is 12.0. The van der Waals surface area contributed by atoms with E-state index in [1.807, 2.05) is 56.4 Å². The minimum absolute atomic E-state index is 0.0196. The van der Waals surface area contributed by atoms with E-state index in [2.05, 4.69) is 16.0 Å².